The van der Waals surface area contributed by atoms with E-state index in [-0.39, 0.29) is 11.1 Å². The highest BCUT2D eigenvalue weighted by Gasteiger charge is 2.64. The van der Waals surface area contributed by atoms with Crippen molar-refractivity contribution in [3.05, 3.63) is 59.7 Å². The zero-order valence-corrected chi connectivity index (χ0v) is 11.5. The zero-order valence-electron chi connectivity index (χ0n) is 11.5. The fourth-order valence-corrected chi connectivity index (χ4v) is 2.18. The number of rotatable bonds is 3. The van der Waals surface area contributed by atoms with Gasteiger partial charge in [-0.25, -0.2) is 13.2 Å². The van der Waals surface area contributed by atoms with Crippen molar-refractivity contribution in [2.24, 2.45) is 0 Å². The van der Waals surface area contributed by atoms with Crippen LogP contribution in [0.2, 0.25) is 0 Å². The first-order valence-corrected chi connectivity index (χ1v) is 6.38. The molecular weight excluding hydrogens is 306 g/mol. The fourth-order valence-electron chi connectivity index (χ4n) is 2.18. The van der Waals surface area contributed by atoms with E-state index in [1.165, 1.54) is 24.3 Å². The second-order valence-electron chi connectivity index (χ2n) is 4.92. The first kappa shape index (κ1) is 16.4. The SMILES string of the molecule is Cc1ccc(-c2ccccc2C(F)(C(F)F)C(F)(F)F)cc1. The van der Waals surface area contributed by atoms with E-state index in [0.717, 1.165) is 17.7 Å². The zero-order chi connectivity index (χ0) is 16.5. The summed E-state index contributed by atoms with van der Waals surface area (Å²) in [5, 5.41) is 0. The van der Waals surface area contributed by atoms with Crippen LogP contribution in [0.3, 0.4) is 0 Å². The van der Waals surface area contributed by atoms with Gasteiger partial charge in [-0.1, -0.05) is 54.1 Å². The van der Waals surface area contributed by atoms with Crippen LogP contribution < -0.4 is 0 Å². The van der Waals surface area contributed by atoms with E-state index in [9.17, 15) is 26.3 Å². The molecule has 0 fully saturated rings. The normalized spacial score (nSPS) is 14.9. The predicted molar refractivity (Wildman–Crippen MR) is 71.5 cm³/mol. The summed E-state index contributed by atoms with van der Waals surface area (Å²) in [5.74, 6) is 0. The average Bonchev–Trinajstić information content (AvgIpc) is 2.46. The molecule has 0 aliphatic heterocycles. The van der Waals surface area contributed by atoms with Gasteiger partial charge in [0, 0.05) is 5.56 Å². The molecule has 1 atom stereocenters. The van der Waals surface area contributed by atoms with E-state index < -0.39 is 23.8 Å². The Labute approximate surface area is 123 Å². The smallest absolute Gasteiger partial charge is 0.222 e. The summed E-state index contributed by atoms with van der Waals surface area (Å²) in [6, 6.07) is 10.6. The first-order valence-electron chi connectivity index (χ1n) is 6.38. The maximum absolute atomic E-state index is 14.3. The fraction of sp³-hybridized carbons (Fsp3) is 0.250. The standard InChI is InChI=1S/C16H12F6/c1-10-6-8-11(9-7-10)12-4-2-3-5-13(12)15(19,14(17)18)16(20,21)22/h2-9,14H,1H3. The van der Waals surface area contributed by atoms with Crippen LogP contribution in [-0.4, -0.2) is 12.6 Å². The van der Waals surface area contributed by atoms with Gasteiger partial charge in [-0.3, -0.25) is 0 Å². The van der Waals surface area contributed by atoms with E-state index in [4.69, 9.17) is 0 Å². The van der Waals surface area contributed by atoms with Gasteiger partial charge in [-0.05, 0) is 18.1 Å². The van der Waals surface area contributed by atoms with E-state index in [2.05, 4.69) is 0 Å². The van der Waals surface area contributed by atoms with E-state index in [1.54, 1.807) is 19.1 Å². The van der Waals surface area contributed by atoms with Crippen LogP contribution in [0.25, 0.3) is 11.1 Å². The van der Waals surface area contributed by atoms with Gasteiger partial charge in [-0.15, -0.1) is 0 Å². The predicted octanol–water partition coefficient (Wildman–Crippen LogP) is 5.65. The minimum absolute atomic E-state index is 0.206. The third-order valence-corrected chi connectivity index (χ3v) is 3.39. The monoisotopic (exact) mass is 318 g/mol. The van der Waals surface area contributed by atoms with Crippen LogP contribution in [0.15, 0.2) is 48.5 Å². The molecule has 0 nitrogen and oxygen atoms in total. The lowest BCUT2D eigenvalue weighted by atomic mass is 9.87. The Morgan fingerprint density at radius 1 is 0.818 bits per heavy atom. The molecule has 0 saturated carbocycles. The molecular formula is C16H12F6. The molecule has 2 aromatic rings. The summed E-state index contributed by atoms with van der Waals surface area (Å²) >= 11 is 0. The number of halogens is 6. The Morgan fingerprint density at radius 2 is 1.36 bits per heavy atom. The Balaban J connectivity index is 2.68. The molecule has 0 saturated heterocycles. The third kappa shape index (κ3) is 2.69. The second-order valence-corrected chi connectivity index (χ2v) is 4.92. The molecule has 0 aliphatic carbocycles. The van der Waals surface area contributed by atoms with Crippen molar-refractivity contribution in [2.75, 3.05) is 0 Å². The van der Waals surface area contributed by atoms with Crippen molar-refractivity contribution in [1.82, 2.24) is 0 Å². The number of aryl methyl sites for hydroxylation is 1. The van der Waals surface area contributed by atoms with Gasteiger partial charge in [0.15, 0.2) is 0 Å². The summed E-state index contributed by atoms with van der Waals surface area (Å²) in [6.07, 6.45) is -9.94. The summed E-state index contributed by atoms with van der Waals surface area (Å²) in [4.78, 5) is 0. The summed E-state index contributed by atoms with van der Waals surface area (Å²) in [7, 11) is 0. The quantitative estimate of drug-likeness (QED) is 0.641. The highest BCUT2D eigenvalue weighted by atomic mass is 19.4. The Kier molecular flexibility index (Phi) is 4.22. The molecule has 0 amide bonds. The molecule has 6 heteroatoms. The summed E-state index contributed by atoms with van der Waals surface area (Å²) < 4.78 is 79.0. The maximum atomic E-state index is 14.3. The Morgan fingerprint density at radius 3 is 1.86 bits per heavy atom. The van der Waals surface area contributed by atoms with Gasteiger partial charge >= 0.3 is 6.18 Å². The lowest BCUT2D eigenvalue weighted by molar-refractivity contribution is -0.274. The topological polar surface area (TPSA) is 0 Å². The molecule has 0 spiro atoms. The minimum atomic E-state index is -5.72. The summed E-state index contributed by atoms with van der Waals surface area (Å²) in [6.45, 7) is 1.77. The van der Waals surface area contributed by atoms with Crippen LogP contribution in [-0.2, 0) is 5.67 Å². The molecule has 22 heavy (non-hydrogen) atoms. The summed E-state index contributed by atoms with van der Waals surface area (Å²) in [5.41, 5.74) is -4.91. The highest BCUT2D eigenvalue weighted by molar-refractivity contribution is 5.69. The van der Waals surface area contributed by atoms with Crippen molar-refractivity contribution in [3.63, 3.8) is 0 Å². The van der Waals surface area contributed by atoms with Crippen LogP contribution >= 0.6 is 0 Å². The second kappa shape index (κ2) is 5.66. The van der Waals surface area contributed by atoms with E-state index >= 15 is 0 Å². The van der Waals surface area contributed by atoms with Gasteiger partial charge in [-0.2, -0.15) is 13.2 Å². The number of benzene rings is 2. The first-order chi connectivity index (χ1) is 10.2. The van der Waals surface area contributed by atoms with Crippen molar-refractivity contribution in [1.29, 1.82) is 0 Å². The van der Waals surface area contributed by atoms with Crippen LogP contribution in [0.1, 0.15) is 11.1 Å². The largest absolute Gasteiger partial charge is 0.432 e. The van der Waals surface area contributed by atoms with Crippen LogP contribution in [0.5, 0.6) is 0 Å². The van der Waals surface area contributed by atoms with Crippen molar-refractivity contribution < 1.29 is 26.3 Å². The lowest BCUT2D eigenvalue weighted by Gasteiger charge is -2.29. The van der Waals surface area contributed by atoms with E-state index in [0.29, 0.717) is 0 Å². The highest BCUT2D eigenvalue weighted by Crippen LogP contribution is 2.49. The van der Waals surface area contributed by atoms with Crippen molar-refractivity contribution in [2.45, 2.75) is 25.2 Å². The molecule has 118 valence electrons. The van der Waals surface area contributed by atoms with Gasteiger partial charge in [0.05, 0.1) is 0 Å². The van der Waals surface area contributed by atoms with Gasteiger partial charge in [0.1, 0.15) is 0 Å². The molecule has 1 unspecified atom stereocenters. The van der Waals surface area contributed by atoms with Crippen molar-refractivity contribution >= 4 is 0 Å². The Bertz CT molecular complexity index is 644. The van der Waals surface area contributed by atoms with Crippen LogP contribution in [0, 0.1) is 6.92 Å². The van der Waals surface area contributed by atoms with Gasteiger partial charge < -0.3 is 0 Å². The maximum Gasteiger partial charge on any atom is 0.432 e. The van der Waals surface area contributed by atoms with Gasteiger partial charge in [0.2, 0.25) is 0 Å². The molecule has 2 rings (SSSR count). The lowest BCUT2D eigenvalue weighted by Crippen LogP contribution is -2.44. The van der Waals surface area contributed by atoms with Crippen molar-refractivity contribution in [3.8, 4) is 11.1 Å². The molecule has 0 aliphatic rings. The Hall–Kier alpha value is -1.98. The average molecular weight is 318 g/mol. The molecule has 2 aromatic carbocycles. The molecule has 0 N–H and O–H groups in total. The van der Waals surface area contributed by atoms with Gasteiger partial charge in [0.25, 0.3) is 12.1 Å². The molecule has 0 aromatic heterocycles. The molecule has 0 radical (unpaired) electrons. The minimum Gasteiger partial charge on any atom is -0.222 e. The molecule has 0 bridgehead atoms. The number of hydrogen-bond donors (Lipinski definition) is 0. The molecule has 0 heterocycles. The van der Waals surface area contributed by atoms with E-state index in [1.807, 2.05) is 0 Å². The van der Waals surface area contributed by atoms with Crippen LogP contribution in [0.4, 0.5) is 26.3 Å². The number of alkyl halides is 6. The third-order valence-electron chi connectivity index (χ3n) is 3.39. The number of hydrogen-bond acceptors (Lipinski definition) is 0.